The Balaban J connectivity index is 2.22. The Hall–Kier alpha value is -1.65. The number of hydrogen-bond acceptors (Lipinski definition) is 3. The van der Waals surface area contributed by atoms with Crippen molar-refractivity contribution >= 4 is 5.91 Å². The Morgan fingerprint density at radius 3 is 2.22 bits per heavy atom. The fraction of sp³-hybridized carbons (Fsp3) is 0.722. The van der Waals surface area contributed by atoms with Crippen molar-refractivity contribution in [1.29, 1.82) is 0 Å². The van der Waals surface area contributed by atoms with Gasteiger partial charge in [0, 0.05) is 25.1 Å². The van der Waals surface area contributed by atoms with Crippen LogP contribution in [0.15, 0.2) is 16.9 Å². The molecule has 0 radical (unpaired) electrons. The second kappa shape index (κ2) is 7.28. The molecule has 23 heavy (non-hydrogen) atoms. The monoisotopic (exact) mass is 319 g/mol. The summed E-state index contributed by atoms with van der Waals surface area (Å²) in [5, 5.41) is 4.45. The first-order chi connectivity index (χ1) is 10.8. The summed E-state index contributed by atoms with van der Waals surface area (Å²) in [5.41, 5.74) is 0.729. The molecule has 1 aliphatic rings. The molecular weight excluding hydrogens is 290 g/mol. The second-order valence-corrected chi connectivity index (χ2v) is 7.52. The van der Waals surface area contributed by atoms with Gasteiger partial charge in [0.15, 0.2) is 0 Å². The van der Waals surface area contributed by atoms with Crippen LogP contribution in [-0.2, 0) is 4.79 Å². The largest absolute Gasteiger partial charge is 0.340 e. The highest BCUT2D eigenvalue weighted by molar-refractivity contribution is 5.80. The maximum atomic E-state index is 12.9. The number of aromatic nitrogens is 2. The van der Waals surface area contributed by atoms with Crippen LogP contribution < -0.4 is 5.56 Å². The molecule has 0 bridgehead atoms. The highest BCUT2D eigenvalue weighted by Crippen LogP contribution is 2.38. The third kappa shape index (κ3) is 4.66. The molecule has 1 heterocycles. The lowest BCUT2D eigenvalue weighted by atomic mass is 10.1. The Morgan fingerprint density at radius 1 is 1.17 bits per heavy atom. The van der Waals surface area contributed by atoms with Gasteiger partial charge < -0.3 is 4.90 Å². The topological polar surface area (TPSA) is 55.2 Å². The normalized spacial score (nSPS) is 16.0. The number of rotatable bonds is 7. The predicted octanol–water partition coefficient (Wildman–Crippen LogP) is 2.82. The Labute approximate surface area is 138 Å². The molecule has 5 heteroatoms. The molecule has 0 spiro atoms. The summed E-state index contributed by atoms with van der Waals surface area (Å²) in [6.07, 6.45) is 2.25. The van der Waals surface area contributed by atoms with Crippen LogP contribution in [0.1, 0.15) is 65.1 Å². The van der Waals surface area contributed by atoms with Crippen molar-refractivity contribution in [3.8, 4) is 0 Å². The van der Waals surface area contributed by atoms with Gasteiger partial charge in [0.1, 0.15) is 6.04 Å². The van der Waals surface area contributed by atoms with Crippen LogP contribution in [0.2, 0.25) is 0 Å². The molecular formula is C18H29N3O2. The quantitative estimate of drug-likeness (QED) is 0.776. The average molecular weight is 319 g/mol. The van der Waals surface area contributed by atoms with E-state index in [4.69, 9.17) is 0 Å². The van der Waals surface area contributed by atoms with E-state index in [1.165, 1.54) is 4.68 Å². The van der Waals surface area contributed by atoms with Crippen molar-refractivity contribution in [2.75, 3.05) is 13.1 Å². The van der Waals surface area contributed by atoms with Gasteiger partial charge in [0.05, 0.1) is 5.69 Å². The van der Waals surface area contributed by atoms with E-state index in [1.807, 2.05) is 4.90 Å². The third-order valence-electron chi connectivity index (χ3n) is 4.05. The van der Waals surface area contributed by atoms with E-state index >= 15 is 0 Å². The van der Waals surface area contributed by atoms with Gasteiger partial charge in [0.25, 0.3) is 5.56 Å². The van der Waals surface area contributed by atoms with Crippen LogP contribution in [0.4, 0.5) is 0 Å². The molecule has 1 unspecified atom stereocenters. The van der Waals surface area contributed by atoms with E-state index in [2.05, 4.69) is 32.8 Å². The zero-order valence-electron chi connectivity index (χ0n) is 15.0. The van der Waals surface area contributed by atoms with E-state index in [0.29, 0.717) is 30.8 Å². The van der Waals surface area contributed by atoms with Gasteiger partial charge in [0.2, 0.25) is 5.91 Å². The molecule has 1 amide bonds. The molecule has 1 aromatic heterocycles. The van der Waals surface area contributed by atoms with Crippen molar-refractivity contribution in [2.24, 2.45) is 11.8 Å². The average Bonchev–Trinajstić information content (AvgIpc) is 3.29. The summed E-state index contributed by atoms with van der Waals surface area (Å²) in [5.74, 6) is 1.24. The summed E-state index contributed by atoms with van der Waals surface area (Å²) < 4.78 is 1.36. The standard InChI is InChI=1S/C18H29N3O2/c1-12(2)10-20(11-13(3)4)18(23)14(5)21-17(22)9-8-16(19-21)15-6-7-15/h8-9,12-15H,6-7,10-11H2,1-5H3. The van der Waals surface area contributed by atoms with Crippen LogP contribution in [0, 0.1) is 11.8 Å². The van der Waals surface area contributed by atoms with Gasteiger partial charge in [-0.05, 0) is 37.7 Å². The minimum Gasteiger partial charge on any atom is -0.340 e. The van der Waals surface area contributed by atoms with Crippen molar-refractivity contribution < 1.29 is 4.79 Å². The molecule has 0 saturated heterocycles. The first kappa shape index (κ1) is 17.7. The van der Waals surface area contributed by atoms with E-state index < -0.39 is 6.04 Å². The maximum Gasteiger partial charge on any atom is 0.267 e. The fourth-order valence-electron chi connectivity index (χ4n) is 2.82. The highest BCUT2D eigenvalue weighted by atomic mass is 16.2. The summed E-state index contributed by atoms with van der Waals surface area (Å²) in [6.45, 7) is 11.6. The summed E-state index contributed by atoms with van der Waals surface area (Å²) in [7, 11) is 0. The first-order valence-corrected chi connectivity index (χ1v) is 8.68. The SMILES string of the molecule is CC(C)CN(CC(C)C)C(=O)C(C)n1nc(C2CC2)ccc1=O. The molecule has 2 rings (SSSR count). The van der Waals surface area contributed by atoms with E-state index in [9.17, 15) is 9.59 Å². The molecule has 0 aliphatic heterocycles. The predicted molar refractivity (Wildman–Crippen MR) is 91.4 cm³/mol. The lowest BCUT2D eigenvalue weighted by molar-refractivity contribution is -0.135. The van der Waals surface area contributed by atoms with Crippen molar-refractivity contribution in [3.05, 3.63) is 28.2 Å². The summed E-state index contributed by atoms with van der Waals surface area (Å²) in [6, 6.07) is 2.78. The van der Waals surface area contributed by atoms with E-state index in [1.54, 1.807) is 19.1 Å². The van der Waals surface area contributed by atoms with Crippen LogP contribution in [0.5, 0.6) is 0 Å². The maximum absolute atomic E-state index is 12.9. The first-order valence-electron chi connectivity index (χ1n) is 8.68. The molecule has 1 aliphatic carbocycles. The Bertz CT molecular complexity index is 593. The van der Waals surface area contributed by atoms with Crippen molar-refractivity contribution in [1.82, 2.24) is 14.7 Å². The van der Waals surface area contributed by atoms with Gasteiger partial charge >= 0.3 is 0 Å². The fourth-order valence-corrected chi connectivity index (χ4v) is 2.82. The molecule has 0 N–H and O–H groups in total. The van der Waals surface area contributed by atoms with E-state index in [-0.39, 0.29) is 11.5 Å². The van der Waals surface area contributed by atoms with Crippen LogP contribution in [0.3, 0.4) is 0 Å². The molecule has 128 valence electrons. The second-order valence-electron chi connectivity index (χ2n) is 7.52. The number of hydrogen-bond donors (Lipinski definition) is 0. The van der Waals surface area contributed by atoms with Gasteiger partial charge in [-0.25, -0.2) is 4.68 Å². The number of nitrogens with zero attached hydrogens (tertiary/aromatic N) is 3. The van der Waals surface area contributed by atoms with Crippen LogP contribution in [-0.4, -0.2) is 33.7 Å². The lowest BCUT2D eigenvalue weighted by Gasteiger charge is -2.29. The van der Waals surface area contributed by atoms with Crippen LogP contribution in [0.25, 0.3) is 0 Å². The van der Waals surface area contributed by atoms with Crippen molar-refractivity contribution in [2.45, 2.75) is 59.4 Å². The molecule has 1 atom stereocenters. The van der Waals surface area contributed by atoms with Crippen molar-refractivity contribution in [3.63, 3.8) is 0 Å². The number of amides is 1. The van der Waals surface area contributed by atoms with Crippen LogP contribution >= 0.6 is 0 Å². The Morgan fingerprint density at radius 2 is 1.74 bits per heavy atom. The van der Waals surface area contributed by atoms with Gasteiger partial charge in [-0.15, -0.1) is 0 Å². The summed E-state index contributed by atoms with van der Waals surface area (Å²) in [4.78, 5) is 26.9. The third-order valence-corrected chi connectivity index (χ3v) is 4.05. The highest BCUT2D eigenvalue weighted by Gasteiger charge is 2.28. The molecule has 0 aromatic carbocycles. The van der Waals surface area contributed by atoms with E-state index in [0.717, 1.165) is 18.5 Å². The van der Waals surface area contributed by atoms with Gasteiger partial charge in [-0.1, -0.05) is 27.7 Å². The zero-order valence-corrected chi connectivity index (χ0v) is 15.0. The smallest absolute Gasteiger partial charge is 0.267 e. The minimum atomic E-state index is -0.557. The summed E-state index contributed by atoms with van der Waals surface area (Å²) >= 11 is 0. The molecule has 1 aromatic rings. The molecule has 5 nitrogen and oxygen atoms in total. The number of carbonyl (C=O) groups excluding carboxylic acids is 1. The Kier molecular flexibility index (Phi) is 5.60. The molecule has 1 saturated carbocycles. The van der Waals surface area contributed by atoms with Gasteiger partial charge in [-0.2, -0.15) is 5.10 Å². The minimum absolute atomic E-state index is 0.0186. The van der Waals surface area contributed by atoms with Gasteiger partial charge in [-0.3, -0.25) is 9.59 Å². The number of carbonyl (C=O) groups is 1. The molecule has 1 fully saturated rings. The lowest BCUT2D eigenvalue weighted by Crippen LogP contribution is -2.43. The zero-order chi connectivity index (χ0) is 17.1.